The van der Waals surface area contributed by atoms with E-state index in [-0.39, 0.29) is 29.8 Å². The van der Waals surface area contributed by atoms with Crippen LogP contribution in [0.15, 0.2) is 47.5 Å². The molecular formula is C20H27FIN3O. The Kier molecular flexibility index (Phi) is 10.2. The minimum absolute atomic E-state index is 0. The largest absolute Gasteiger partial charge is 0.380 e. The summed E-state index contributed by atoms with van der Waals surface area (Å²) >= 11 is 0. The number of ether oxygens (including phenoxy) is 1. The molecule has 2 aromatic rings. The van der Waals surface area contributed by atoms with Crippen molar-refractivity contribution in [2.24, 2.45) is 4.99 Å². The van der Waals surface area contributed by atoms with E-state index in [1.165, 1.54) is 11.6 Å². The van der Waals surface area contributed by atoms with E-state index in [1.54, 1.807) is 20.2 Å². The average Bonchev–Trinajstić information content (AvgIpc) is 2.61. The number of nitrogens with zero attached hydrogens (tertiary/aromatic N) is 1. The first-order chi connectivity index (χ1) is 12.1. The highest BCUT2D eigenvalue weighted by Gasteiger charge is 2.02. The molecule has 0 aromatic heterocycles. The molecule has 0 unspecified atom stereocenters. The molecular weight excluding hydrogens is 444 g/mol. The lowest BCUT2D eigenvalue weighted by atomic mass is 10.1. The second kappa shape index (κ2) is 11.9. The highest BCUT2D eigenvalue weighted by atomic mass is 127. The van der Waals surface area contributed by atoms with Crippen molar-refractivity contribution in [1.29, 1.82) is 0 Å². The van der Waals surface area contributed by atoms with Crippen molar-refractivity contribution in [1.82, 2.24) is 10.6 Å². The molecule has 2 N–H and O–H groups in total. The van der Waals surface area contributed by atoms with Crippen molar-refractivity contribution in [2.45, 2.75) is 26.5 Å². The third-order valence-corrected chi connectivity index (χ3v) is 4.01. The summed E-state index contributed by atoms with van der Waals surface area (Å²) in [5, 5.41) is 6.58. The average molecular weight is 471 g/mol. The molecule has 0 radical (unpaired) electrons. The number of aliphatic imine (C=N–C) groups is 1. The zero-order chi connectivity index (χ0) is 18.1. The molecule has 142 valence electrons. The van der Waals surface area contributed by atoms with Crippen LogP contribution in [0.3, 0.4) is 0 Å². The van der Waals surface area contributed by atoms with Crippen molar-refractivity contribution < 1.29 is 9.13 Å². The van der Waals surface area contributed by atoms with E-state index in [0.29, 0.717) is 13.2 Å². The van der Waals surface area contributed by atoms with Crippen molar-refractivity contribution in [3.05, 3.63) is 70.5 Å². The highest BCUT2D eigenvalue weighted by Crippen LogP contribution is 2.10. The summed E-state index contributed by atoms with van der Waals surface area (Å²) in [4.78, 5) is 4.23. The lowest BCUT2D eigenvalue weighted by Gasteiger charge is -2.13. The van der Waals surface area contributed by atoms with Crippen LogP contribution in [0.25, 0.3) is 0 Å². The van der Waals surface area contributed by atoms with Gasteiger partial charge >= 0.3 is 0 Å². The van der Waals surface area contributed by atoms with Crippen LogP contribution >= 0.6 is 24.0 Å². The molecule has 0 amide bonds. The van der Waals surface area contributed by atoms with Crippen LogP contribution in [-0.2, 0) is 24.3 Å². The molecule has 0 aliphatic carbocycles. The molecule has 0 aliphatic rings. The Bertz CT molecular complexity index is 705. The smallest absolute Gasteiger partial charge is 0.191 e. The molecule has 0 heterocycles. The van der Waals surface area contributed by atoms with Gasteiger partial charge in [0.05, 0.1) is 6.61 Å². The summed E-state index contributed by atoms with van der Waals surface area (Å²) in [5.41, 5.74) is 4.44. The van der Waals surface area contributed by atoms with Gasteiger partial charge in [-0.05, 0) is 47.7 Å². The molecule has 0 aliphatic heterocycles. The van der Waals surface area contributed by atoms with Crippen LogP contribution in [0, 0.1) is 12.7 Å². The predicted octanol–water partition coefficient (Wildman–Crippen LogP) is 3.81. The Morgan fingerprint density at radius 1 is 1.08 bits per heavy atom. The number of benzene rings is 2. The SMILES string of the molecule is CN=C(NCCc1ccc(F)cc1C)NCc1ccc(COC)cc1.I. The van der Waals surface area contributed by atoms with Gasteiger partial charge in [-0.15, -0.1) is 24.0 Å². The fourth-order valence-electron chi connectivity index (χ4n) is 2.58. The summed E-state index contributed by atoms with van der Waals surface area (Å²) < 4.78 is 18.2. The van der Waals surface area contributed by atoms with Crippen LogP contribution in [0.5, 0.6) is 0 Å². The fourth-order valence-corrected chi connectivity index (χ4v) is 2.58. The monoisotopic (exact) mass is 471 g/mol. The van der Waals surface area contributed by atoms with Gasteiger partial charge in [-0.2, -0.15) is 0 Å². The first kappa shape index (κ1) is 22.4. The van der Waals surface area contributed by atoms with Crippen molar-refractivity contribution >= 4 is 29.9 Å². The van der Waals surface area contributed by atoms with E-state index in [2.05, 4.69) is 39.9 Å². The van der Waals surface area contributed by atoms with Crippen LogP contribution in [-0.4, -0.2) is 26.7 Å². The number of hydrogen-bond donors (Lipinski definition) is 2. The molecule has 0 fully saturated rings. The van der Waals surface area contributed by atoms with Crippen LogP contribution in [0.4, 0.5) is 4.39 Å². The normalized spacial score (nSPS) is 11.0. The van der Waals surface area contributed by atoms with E-state index >= 15 is 0 Å². The number of hydrogen-bond acceptors (Lipinski definition) is 2. The van der Waals surface area contributed by atoms with Gasteiger partial charge in [-0.3, -0.25) is 4.99 Å². The van der Waals surface area contributed by atoms with E-state index in [9.17, 15) is 4.39 Å². The van der Waals surface area contributed by atoms with Crippen LogP contribution in [0.1, 0.15) is 22.3 Å². The Balaban J connectivity index is 0.00000338. The number of guanidine groups is 1. The molecule has 0 saturated carbocycles. The molecule has 0 bridgehead atoms. The van der Waals surface area contributed by atoms with Gasteiger partial charge < -0.3 is 15.4 Å². The van der Waals surface area contributed by atoms with Gasteiger partial charge in [0.15, 0.2) is 5.96 Å². The summed E-state index contributed by atoms with van der Waals surface area (Å²) in [6.07, 6.45) is 0.818. The minimum atomic E-state index is -0.191. The first-order valence-electron chi connectivity index (χ1n) is 8.38. The number of halogens is 2. The van der Waals surface area contributed by atoms with Crippen molar-refractivity contribution in [2.75, 3.05) is 20.7 Å². The second-order valence-corrected chi connectivity index (χ2v) is 5.92. The maximum absolute atomic E-state index is 13.1. The molecule has 0 saturated heterocycles. The zero-order valence-corrected chi connectivity index (χ0v) is 17.8. The van der Waals surface area contributed by atoms with Crippen LogP contribution < -0.4 is 10.6 Å². The summed E-state index contributed by atoms with van der Waals surface area (Å²) in [6.45, 7) is 3.99. The molecule has 2 aromatic carbocycles. The van der Waals surface area contributed by atoms with Crippen LogP contribution in [0.2, 0.25) is 0 Å². The van der Waals surface area contributed by atoms with Crippen molar-refractivity contribution in [3.8, 4) is 0 Å². The number of methoxy groups -OCH3 is 1. The van der Waals surface area contributed by atoms with Gasteiger partial charge in [0.25, 0.3) is 0 Å². The minimum Gasteiger partial charge on any atom is -0.380 e. The van der Waals surface area contributed by atoms with E-state index < -0.39 is 0 Å². The number of rotatable bonds is 7. The standard InChI is InChI=1S/C20H26FN3O.HI/c1-15-12-19(21)9-8-18(15)10-11-23-20(22-2)24-13-16-4-6-17(7-5-16)14-25-3;/h4-9,12H,10-11,13-14H2,1-3H3,(H2,22,23,24);1H. The molecule has 0 atom stereocenters. The van der Waals surface area contributed by atoms with Crippen molar-refractivity contribution in [3.63, 3.8) is 0 Å². The predicted molar refractivity (Wildman–Crippen MR) is 116 cm³/mol. The maximum atomic E-state index is 13.1. The highest BCUT2D eigenvalue weighted by molar-refractivity contribution is 14.0. The summed E-state index contributed by atoms with van der Waals surface area (Å²) in [5.74, 6) is 0.559. The molecule has 2 rings (SSSR count). The lowest BCUT2D eigenvalue weighted by molar-refractivity contribution is 0.185. The molecule has 6 heteroatoms. The Morgan fingerprint density at radius 2 is 1.77 bits per heavy atom. The summed E-state index contributed by atoms with van der Waals surface area (Å²) in [7, 11) is 3.44. The fraction of sp³-hybridized carbons (Fsp3) is 0.350. The third-order valence-electron chi connectivity index (χ3n) is 4.01. The Hall–Kier alpha value is -1.67. The van der Waals surface area contributed by atoms with E-state index in [4.69, 9.17) is 4.74 Å². The van der Waals surface area contributed by atoms with Gasteiger partial charge in [0.2, 0.25) is 0 Å². The molecule has 26 heavy (non-hydrogen) atoms. The van der Waals surface area contributed by atoms with Gasteiger partial charge in [-0.25, -0.2) is 4.39 Å². The van der Waals surface area contributed by atoms with E-state index in [1.807, 2.05) is 13.0 Å². The topological polar surface area (TPSA) is 45.7 Å². The number of aryl methyl sites for hydroxylation is 1. The van der Waals surface area contributed by atoms with Gasteiger partial charge in [-0.1, -0.05) is 30.3 Å². The third kappa shape index (κ3) is 7.29. The Labute approximate surface area is 172 Å². The second-order valence-electron chi connectivity index (χ2n) is 5.92. The van der Waals surface area contributed by atoms with Gasteiger partial charge in [0.1, 0.15) is 5.82 Å². The Morgan fingerprint density at radius 3 is 2.38 bits per heavy atom. The maximum Gasteiger partial charge on any atom is 0.191 e. The first-order valence-corrected chi connectivity index (χ1v) is 8.38. The quantitative estimate of drug-likeness (QED) is 0.367. The zero-order valence-electron chi connectivity index (χ0n) is 15.5. The lowest BCUT2D eigenvalue weighted by Crippen LogP contribution is -2.37. The molecule has 0 spiro atoms. The molecule has 4 nitrogen and oxygen atoms in total. The number of nitrogens with one attached hydrogen (secondary N) is 2. The van der Waals surface area contributed by atoms with Gasteiger partial charge in [0, 0.05) is 27.2 Å². The summed E-state index contributed by atoms with van der Waals surface area (Å²) in [6, 6.07) is 13.2. The van der Waals surface area contributed by atoms with E-state index in [0.717, 1.165) is 35.6 Å².